The Morgan fingerprint density at radius 2 is 1.89 bits per heavy atom. The third kappa shape index (κ3) is 3.65. The Bertz CT molecular complexity index is 419. The van der Waals surface area contributed by atoms with Gasteiger partial charge in [-0.25, -0.2) is 4.39 Å². The SMILES string of the molecule is CN1CCC(F)(Cc2ccc(C(F)(F)F)nc2)CC1. The van der Waals surface area contributed by atoms with E-state index in [1.54, 1.807) is 0 Å². The van der Waals surface area contributed by atoms with E-state index in [-0.39, 0.29) is 6.42 Å². The summed E-state index contributed by atoms with van der Waals surface area (Å²) in [5.41, 5.74) is -1.75. The minimum atomic E-state index is -4.44. The molecule has 1 saturated heterocycles. The van der Waals surface area contributed by atoms with Gasteiger partial charge in [0.05, 0.1) is 0 Å². The molecule has 0 atom stereocenters. The van der Waals surface area contributed by atoms with Gasteiger partial charge in [0.25, 0.3) is 0 Å². The molecule has 1 aromatic heterocycles. The molecule has 6 heteroatoms. The number of halogens is 4. The van der Waals surface area contributed by atoms with Gasteiger partial charge in [-0.2, -0.15) is 13.2 Å². The van der Waals surface area contributed by atoms with E-state index < -0.39 is 17.5 Å². The Morgan fingerprint density at radius 3 is 2.37 bits per heavy atom. The fourth-order valence-electron chi connectivity index (χ4n) is 2.26. The first kappa shape index (κ1) is 14.2. The Labute approximate surface area is 109 Å². The van der Waals surface area contributed by atoms with E-state index in [1.165, 1.54) is 6.07 Å². The lowest BCUT2D eigenvalue weighted by Crippen LogP contribution is -2.41. The van der Waals surface area contributed by atoms with Crippen molar-refractivity contribution in [2.75, 3.05) is 20.1 Å². The fraction of sp³-hybridized carbons (Fsp3) is 0.615. The second-order valence-corrected chi connectivity index (χ2v) is 5.18. The molecular formula is C13H16F4N2. The van der Waals surface area contributed by atoms with Gasteiger partial charge in [0.2, 0.25) is 0 Å². The molecule has 2 nitrogen and oxygen atoms in total. The van der Waals surface area contributed by atoms with Crippen LogP contribution < -0.4 is 0 Å². The van der Waals surface area contributed by atoms with Crippen molar-refractivity contribution in [3.63, 3.8) is 0 Å². The molecule has 2 heterocycles. The molecule has 0 N–H and O–H groups in total. The van der Waals surface area contributed by atoms with Crippen LogP contribution in [0.4, 0.5) is 17.6 Å². The fourth-order valence-corrected chi connectivity index (χ4v) is 2.26. The molecule has 1 fully saturated rings. The van der Waals surface area contributed by atoms with Crippen molar-refractivity contribution in [2.45, 2.75) is 31.1 Å². The summed E-state index contributed by atoms with van der Waals surface area (Å²) in [4.78, 5) is 5.40. The van der Waals surface area contributed by atoms with Crippen LogP contribution in [0.1, 0.15) is 24.1 Å². The number of alkyl halides is 4. The minimum absolute atomic E-state index is 0.131. The van der Waals surface area contributed by atoms with Crippen LogP contribution in [0.15, 0.2) is 18.3 Å². The summed E-state index contributed by atoms with van der Waals surface area (Å²) in [6, 6.07) is 2.23. The van der Waals surface area contributed by atoms with Crippen molar-refractivity contribution >= 4 is 0 Å². The lowest BCUT2D eigenvalue weighted by atomic mass is 9.87. The highest BCUT2D eigenvalue weighted by Gasteiger charge is 2.35. The molecule has 0 aliphatic carbocycles. The summed E-state index contributed by atoms with van der Waals surface area (Å²) in [5.74, 6) is 0. The zero-order valence-corrected chi connectivity index (χ0v) is 10.7. The number of pyridine rings is 1. The van der Waals surface area contributed by atoms with Crippen LogP contribution in [0.25, 0.3) is 0 Å². The highest BCUT2D eigenvalue weighted by atomic mass is 19.4. The molecule has 0 saturated carbocycles. The van der Waals surface area contributed by atoms with E-state index in [0.29, 0.717) is 31.5 Å². The molecule has 1 aromatic rings. The van der Waals surface area contributed by atoms with Crippen LogP contribution in [-0.4, -0.2) is 35.7 Å². The molecule has 0 unspecified atom stereocenters. The topological polar surface area (TPSA) is 16.1 Å². The van der Waals surface area contributed by atoms with Crippen molar-refractivity contribution in [3.8, 4) is 0 Å². The standard InChI is InChI=1S/C13H16F4N2/c1-19-6-4-12(14,5-7-19)8-10-2-3-11(18-9-10)13(15,16)17/h2-3,9H,4-8H2,1H3. The highest BCUT2D eigenvalue weighted by Crippen LogP contribution is 2.31. The van der Waals surface area contributed by atoms with Crippen molar-refractivity contribution in [3.05, 3.63) is 29.6 Å². The lowest BCUT2D eigenvalue weighted by molar-refractivity contribution is -0.141. The molecular weight excluding hydrogens is 260 g/mol. The smallest absolute Gasteiger partial charge is 0.306 e. The van der Waals surface area contributed by atoms with E-state index in [4.69, 9.17) is 0 Å². The minimum Gasteiger partial charge on any atom is -0.306 e. The third-order valence-corrected chi connectivity index (χ3v) is 3.52. The molecule has 1 aliphatic rings. The average Bonchev–Trinajstić information content (AvgIpc) is 2.33. The van der Waals surface area contributed by atoms with Crippen LogP contribution >= 0.6 is 0 Å². The molecule has 106 valence electrons. The molecule has 0 spiro atoms. The maximum Gasteiger partial charge on any atom is 0.433 e. The molecule has 0 amide bonds. The Balaban J connectivity index is 2.03. The zero-order chi connectivity index (χ0) is 14.1. The normalized spacial score (nSPS) is 20.5. The van der Waals surface area contributed by atoms with E-state index in [0.717, 1.165) is 12.3 Å². The first-order valence-electron chi connectivity index (χ1n) is 6.18. The van der Waals surface area contributed by atoms with Gasteiger partial charge in [0, 0.05) is 25.7 Å². The Hall–Kier alpha value is -1.17. The maximum absolute atomic E-state index is 14.5. The molecule has 0 bridgehead atoms. The van der Waals surface area contributed by atoms with Crippen molar-refractivity contribution in [1.29, 1.82) is 0 Å². The predicted octanol–water partition coefficient (Wildman–Crippen LogP) is 3.08. The lowest BCUT2D eigenvalue weighted by Gasteiger charge is -2.34. The third-order valence-electron chi connectivity index (χ3n) is 3.52. The summed E-state index contributed by atoms with van der Waals surface area (Å²) in [6.45, 7) is 1.34. The van der Waals surface area contributed by atoms with E-state index in [1.807, 2.05) is 11.9 Å². The van der Waals surface area contributed by atoms with E-state index >= 15 is 0 Å². The first-order valence-corrected chi connectivity index (χ1v) is 6.18. The van der Waals surface area contributed by atoms with E-state index in [2.05, 4.69) is 4.98 Å². The Kier molecular flexibility index (Phi) is 3.80. The van der Waals surface area contributed by atoms with Crippen LogP contribution in [0, 0.1) is 0 Å². The number of piperidine rings is 1. The molecule has 0 radical (unpaired) electrons. The van der Waals surface area contributed by atoms with Gasteiger partial charge in [-0.15, -0.1) is 0 Å². The summed E-state index contributed by atoms with van der Waals surface area (Å²) < 4.78 is 51.6. The number of hydrogen-bond donors (Lipinski definition) is 0. The van der Waals surface area contributed by atoms with Gasteiger partial charge < -0.3 is 4.90 Å². The maximum atomic E-state index is 14.5. The van der Waals surface area contributed by atoms with E-state index in [9.17, 15) is 17.6 Å². The summed E-state index contributed by atoms with van der Waals surface area (Å²) in [6.07, 6.45) is -2.37. The molecule has 1 aliphatic heterocycles. The van der Waals surface area contributed by atoms with Crippen molar-refractivity contribution in [2.24, 2.45) is 0 Å². The van der Waals surface area contributed by atoms with Crippen molar-refractivity contribution < 1.29 is 17.6 Å². The number of aromatic nitrogens is 1. The predicted molar refractivity (Wildman–Crippen MR) is 63.5 cm³/mol. The van der Waals surface area contributed by atoms with Gasteiger partial charge >= 0.3 is 6.18 Å². The zero-order valence-electron chi connectivity index (χ0n) is 10.7. The van der Waals surface area contributed by atoms with Gasteiger partial charge in [0.1, 0.15) is 11.4 Å². The highest BCUT2D eigenvalue weighted by molar-refractivity contribution is 5.18. The quantitative estimate of drug-likeness (QED) is 0.772. The van der Waals surface area contributed by atoms with Gasteiger partial charge in [-0.3, -0.25) is 4.98 Å². The van der Waals surface area contributed by atoms with Crippen LogP contribution in [0.3, 0.4) is 0 Å². The summed E-state index contributed by atoms with van der Waals surface area (Å²) in [5, 5.41) is 0. The molecule has 0 aromatic carbocycles. The van der Waals surface area contributed by atoms with Gasteiger partial charge in [-0.1, -0.05) is 6.07 Å². The number of nitrogens with zero attached hydrogens (tertiary/aromatic N) is 2. The van der Waals surface area contributed by atoms with Gasteiger partial charge in [0.15, 0.2) is 0 Å². The molecule has 2 rings (SSSR count). The van der Waals surface area contributed by atoms with Crippen molar-refractivity contribution in [1.82, 2.24) is 9.88 Å². The monoisotopic (exact) mass is 276 g/mol. The number of likely N-dealkylation sites (tertiary alicyclic amines) is 1. The number of rotatable bonds is 2. The average molecular weight is 276 g/mol. The summed E-state index contributed by atoms with van der Waals surface area (Å²) >= 11 is 0. The van der Waals surface area contributed by atoms with Gasteiger partial charge in [-0.05, 0) is 31.5 Å². The van der Waals surface area contributed by atoms with Crippen LogP contribution in [0.5, 0.6) is 0 Å². The van der Waals surface area contributed by atoms with Crippen LogP contribution in [-0.2, 0) is 12.6 Å². The largest absolute Gasteiger partial charge is 0.433 e. The van der Waals surface area contributed by atoms with Crippen LogP contribution in [0.2, 0.25) is 0 Å². The second kappa shape index (κ2) is 5.07. The second-order valence-electron chi connectivity index (χ2n) is 5.18. The Morgan fingerprint density at radius 1 is 1.26 bits per heavy atom. The number of hydrogen-bond acceptors (Lipinski definition) is 2. The summed E-state index contributed by atoms with van der Waals surface area (Å²) in [7, 11) is 1.93. The first-order chi connectivity index (χ1) is 8.78. The molecule has 19 heavy (non-hydrogen) atoms.